The summed E-state index contributed by atoms with van der Waals surface area (Å²) in [5.74, 6) is 0.229. The van der Waals surface area contributed by atoms with Crippen molar-refractivity contribution >= 4 is 17.1 Å². The Kier molecular flexibility index (Phi) is 2.76. The van der Waals surface area contributed by atoms with Crippen molar-refractivity contribution in [2.75, 3.05) is 0 Å². The normalized spacial score (nSPS) is 10.0. The van der Waals surface area contributed by atoms with Crippen LogP contribution in [-0.4, -0.2) is 10.8 Å². The van der Waals surface area contributed by atoms with Crippen molar-refractivity contribution in [3.05, 3.63) is 16.1 Å². The first kappa shape index (κ1) is 8.40. The van der Waals surface area contributed by atoms with E-state index in [1.807, 2.05) is 13.8 Å². The van der Waals surface area contributed by atoms with Gasteiger partial charge in [-0.2, -0.15) is 0 Å². The molecule has 60 valence electrons. The molecule has 1 rings (SSSR count). The van der Waals surface area contributed by atoms with Crippen LogP contribution in [0.4, 0.5) is 0 Å². The third-order valence-electron chi connectivity index (χ3n) is 1.48. The van der Waals surface area contributed by atoms with Crippen molar-refractivity contribution in [3.63, 3.8) is 0 Å². The largest absolute Gasteiger partial charge is 0.293 e. The molecule has 0 unspecified atom stereocenters. The highest BCUT2D eigenvalue weighted by molar-refractivity contribution is 7.11. The van der Waals surface area contributed by atoms with E-state index in [0.717, 1.165) is 17.0 Å². The first-order valence-corrected chi connectivity index (χ1v) is 4.57. The van der Waals surface area contributed by atoms with Crippen LogP contribution in [0.3, 0.4) is 0 Å². The van der Waals surface area contributed by atoms with Gasteiger partial charge < -0.3 is 0 Å². The van der Waals surface area contributed by atoms with Crippen LogP contribution in [0.1, 0.15) is 35.1 Å². The topological polar surface area (TPSA) is 30.0 Å². The first-order valence-electron chi connectivity index (χ1n) is 3.69. The Labute approximate surface area is 70.3 Å². The third kappa shape index (κ3) is 1.87. The quantitative estimate of drug-likeness (QED) is 0.650. The SMILES string of the molecule is CCCC(=O)c1scnc1C. The molecule has 0 aliphatic heterocycles. The standard InChI is InChI=1S/C8H11NOS/c1-3-4-7(10)8-6(2)9-5-11-8/h5H,3-4H2,1-2H3. The average Bonchev–Trinajstić information content (AvgIpc) is 2.36. The van der Waals surface area contributed by atoms with Crippen LogP contribution in [0.2, 0.25) is 0 Å². The van der Waals surface area contributed by atoms with Crippen LogP contribution < -0.4 is 0 Å². The summed E-state index contributed by atoms with van der Waals surface area (Å²) >= 11 is 1.44. The summed E-state index contributed by atoms with van der Waals surface area (Å²) in [6.07, 6.45) is 1.55. The molecule has 0 atom stereocenters. The minimum atomic E-state index is 0.229. The van der Waals surface area contributed by atoms with Gasteiger partial charge in [-0.25, -0.2) is 4.98 Å². The zero-order chi connectivity index (χ0) is 8.27. The molecule has 0 saturated heterocycles. The Hall–Kier alpha value is -0.700. The Morgan fingerprint density at radius 3 is 2.91 bits per heavy atom. The summed E-state index contributed by atoms with van der Waals surface area (Å²) in [6, 6.07) is 0. The number of thiazole rings is 1. The molecular formula is C8H11NOS. The van der Waals surface area contributed by atoms with Gasteiger partial charge in [0.25, 0.3) is 0 Å². The van der Waals surface area contributed by atoms with E-state index in [1.54, 1.807) is 5.51 Å². The van der Waals surface area contributed by atoms with Gasteiger partial charge in [-0.3, -0.25) is 4.79 Å². The predicted molar refractivity (Wildman–Crippen MR) is 46.1 cm³/mol. The van der Waals surface area contributed by atoms with E-state index in [0.29, 0.717) is 6.42 Å². The summed E-state index contributed by atoms with van der Waals surface area (Å²) in [7, 11) is 0. The second-order valence-corrected chi connectivity index (χ2v) is 3.29. The number of carbonyl (C=O) groups excluding carboxylic acids is 1. The Balaban J connectivity index is 2.76. The fraction of sp³-hybridized carbons (Fsp3) is 0.500. The number of aryl methyl sites for hydroxylation is 1. The van der Waals surface area contributed by atoms with Gasteiger partial charge in [0.2, 0.25) is 0 Å². The van der Waals surface area contributed by atoms with Gasteiger partial charge in [-0.1, -0.05) is 6.92 Å². The Bertz CT molecular complexity index is 254. The number of nitrogens with zero attached hydrogens (tertiary/aromatic N) is 1. The number of hydrogen-bond donors (Lipinski definition) is 0. The lowest BCUT2D eigenvalue weighted by Crippen LogP contribution is -1.96. The van der Waals surface area contributed by atoms with Gasteiger partial charge in [-0.15, -0.1) is 11.3 Å². The van der Waals surface area contributed by atoms with E-state index in [4.69, 9.17) is 0 Å². The molecule has 0 fully saturated rings. The molecule has 0 aliphatic rings. The van der Waals surface area contributed by atoms with Crippen molar-refractivity contribution in [1.29, 1.82) is 0 Å². The summed E-state index contributed by atoms with van der Waals surface area (Å²) in [5.41, 5.74) is 2.59. The molecule has 1 heterocycles. The molecule has 11 heavy (non-hydrogen) atoms. The van der Waals surface area contributed by atoms with Gasteiger partial charge in [0.1, 0.15) is 0 Å². The van der Waals surface area contributed by atoms with E-state index in [9.17, 15) is 4.79 Å². The molecule has 0 saturated carbocycles. The van der Waals surface area contributed by atoms with Gasteiger partial charge >= 0.3 is 0 Å². The zero-order valence-corrected chi connectivity index (χ0v) is 7.57. The molecular weight excluding hydrogens is 158 g/mol. The van der Waals surface area contributed by atoms with E-state index >= 15 is 0 Å². The van der Waals surface area contributed by atoms with Crippen molar-refractivity contribution in [1.82, 2.24) is 4.98 Å². The molecule has 1 aromatic heterocycles. The van der Waals surface area contributed by atoms with Crippen LogP contribution in [0.25, 0.3) is 0 Å². The number of hydrogen-bond acceptors (Lipinski definition) is 3. The van der Waals surface area contributed by atoms with Crippen LogP contribution in [0, 0.1) is 6.92 Å². The molecule has 0 spiro atoms. The van der Waals surface area contributed by atoms with Gasteiger partial charge in [-0.05, 0) is 13.3 Å². The summed E-state index contributed by atoms with van der Waals surface area (Å²) in [5, 5.41) is 0. The monoisotopic (exact) mass is 169 g/mol. The molecule has 1 aromatic rings. The van der Waals surface area contributed by atoms with E-state index in [-0.39, 0.29) is 5.78 Å². The molecule has 0 amide bonds. The highest BCUT2D eigenvalue weighted by atomic mass is 32.1. The maximum absolute atomic E-state index is 11.3. The van der Waals surface area contributed by atoms with Gasteiger partial charge in [0.15, 0.2) is 5.78 Å². The first-order chi connectivity index (χ1) is 5.25. The smallest absolute Gasteiger partial charge is 0.174 e. The lowest BCUT2D eigenvalue weighted by molar-refractivity contribution is 0.0985. The lowest BCUT2D eigenvalue weighted by Gasteiger charge is -1.93. The maximum Gasteiger partial charge on any atom is 0.174 e. The maximum atomic E-state index is 11.3. The lowest BCUT2D eigenvalue weighted by atomic mass is 10.2. The number of ketones is 1. The number of rotatable bonds is 3. The fourth-order valence-corrected chi connectivity index (χ4v) is 1.68. The minimum Gasteiger partial charge on any atom is -0.293 e. The van der Waals surface area contributed by atoms with Crippen LogP contribution in [-0.2, 0) is 0 Å². The second-order valence-electron chi connectivity index (χ2n) is 2.44. The van der Waals surface area contributed by atoms with Gasteiger partial charge in [0, 0.05) is 6.42 Å². The summed E-state index contributed by atoms with van der Waals surface area (Å²) in [6.45, 7) is 3.88. The van der Waals surface area contributed by atoms with Crippen molar-refractivity contribution in [2.24, 2.45) is 0 Å². The minimum absolute atomic E-state index is 0.229. The van der Waals surface area contributed by atoms with Crippen LogP contribution in [0.15, 0.2) is 5.51 Å². The van der Waals surface area contributed by atoms with Gasteiger partial charge in [0.05, 0.1) is 16.1 Å². The summed E-state index contributed by atoms with van der Waals surface area (Å²) in [4.78, 5) is 16.1. The third-order valence-corrected chi connectivity index (χ3v) is 2.45. The second kappa shape index (κ2) is 3.62. The predicted octanol–water partition coefficient (Wildman–Crippen LogP) is 2.43. The Morgan fingerprint density at radius 1 is 1.73 bits per heavy atom. The molecule has 0 aliphatic carbocycles. The van der Waals surface area contributed by atoms with Crippen LogP contribution in [0.5, 0.6) is 0 Å². The molecule has 2 nitrogen and oxygen atoms in total. The van der Waals surface area contributed by atoms with E-state index in [1.165, 1.54) is 11.3 Å². The van der Waals surface area contributed by atoms with Crippen molar-refractivity contribution in [2.45, 2.75) is 26.7 Å². The van der Waals surface area contributed by atoms with Crippen LogP contribution >= 0.6 is 11.3 Å². The van der Waals surface area contributed by atoms with Crippen molar-refractivity contribution < 1.29 is 4.79 Å². The highest BCUT2D eigenvalue weighted by Crippen LogP contribution is 2.14. The molecule has 0 radical (unpaired) electrons. The Morgan fingerprint density at radius 2 is 2.45 bits per heavy atom. The molecule has 3 heteroatoms. The molecule has 0 bridgehead atoms. The number of aromatic nitrogens is 1. The molecule has 0 aromatic carbocycles. The highest BCUT2D eigenvalue weighted by Gasteiger charge is 2.09. The number of carbonyl (C=O) groups is 1. The van der Waals surface area contributed by atoms with E-state index < -0.39 is 0 Å². The average molecular weight is 169 g/mol. The summed E-state index contributed by atoms with van der Waals surface area (Å²) < 4.78 is 0. The number of Topliss-reactive ketones (excluding diaryl/α,β-unsaturated/α-hetero) is 1. The van der Waals surface area contributed by atoms with Crippen molar-refractivity contribution in [3.8, 4) is 0 Å². The zero-order valence-electron chi connectivity index (χ0n) is 6.76. The van der Waals surface area contributed by atoms with E-state index in [2.05, 4.69) is 4.98 Å². The fourth-order valence-electron chi connectivity index (χ4n) is 0.910. The molecule has 0 N–H and O–H groups in total.